The van der Waals surface area contributed by atoms with E-state index in [1.54, 1.807) is 17.0 Å². The summed E-state index contributed by atoms with van der Waals surface area (Å²) < 4.78 is 7.02. The van der Waals surface area contributed by atoms with E-state index >= 15 is 0 Å². The first kappa shape index (κ1) is 23.3. The van der Waals surface area contributed by atoms with Gasteiger partial charge in [-0.25, -0.2) is 9.69 Å². The quantitative estimate of drug-likeness (QED) is 0.311. The number of carbonyl (C=O) groups is 3. The Hall–Kier alpha value is -1.40. The van der Waals surface area contributed by atoms with Crippen LogP contribution in [0.3, 0.4) is 0 Å². The van der Waals surface area contributed by atoms with Gasteiger partial charge in [0.05, 0.1) is 5.69 Å². The Morgan fingerprint density at radius 2 is 1.67 bits per heavy atom. The minimum absolute atomic E-state index is 0.132. The fourth-order valence-electron chi connectivity index (χ4n) is 3.15. The van der Waals surface area contributed by atoms with Crippen molar-refractivity contribution in [2.24, 2.45) is 0 Å². The molecule has 0 saturated carbocycles. The highest BCUT2D eigenvalue weighted by Gasteiger charge is 2.41. The topological polar surface area (TPSA) is 70.2 Å². The molecule has 0 N–H and O–H groups in total. The fraction of sp³-hybridized carbons (Fsp3) is 0.500. The molecule has 10 heteroatoms. The molecule has 162 valence electrons. The van der Waals surface area contributed by atoms with Crippen molar-refractivity contribution < 1.29 is 19.1 Å². The fourth-order valence-corrected chi connectivity index (χ4v) is 5.05. The van der Waals surface area contributed by atoms with Gasteiger partial charge in [-0.1, -0.05) is 24.0 Å². The number of hydrogen-bond acceptors (Lipinski definition) is 6. The molecule has 1 aromatic rings. The summed E-state index contributed by atoms with van der Waals surface area (Å²) in [5, 5.41) is -0.520. The minimum atomic E-state index is -0.530. The number of nitrogens with zero attached hydrogens (tertiary/aromatic N) is 3. The van der Waals surface area contributed by atoms with Crippen molar-refractivity contribution in [3.8, 4) is 0 Å². The van der Waals surface area contributed by atoms with Crippen molar-refractivity contribution >= 4 is 74.5 Å². The lowest BCUT2D eigenvalue weighted by Gasteiger charge is -2.36. The van der Waals surface area contributed by atoms with Gasteiger partial charge in [-0.3, -0.25) is 9.59 Å². The summed E-state index contributed by atoms with van der Waals surface area (Å²) in [6.07, 6.45) is -0.196. The Balaban J connectivity index is 1.54. The zero-order chi connectivity index (χ0) is 22.1. The molecule has 0 aromatic heterocycles. The smallest absolute Gasteiger partial charge is 0.410 e. The highest BCUT2D eigenvalue weighted by molar-refractivity contribution is 14.1. The summed E-state index contributed by atoms with van der Waals surface area (Å²) in [4.78, 5) is 42.4. The predicted octanol–water partition coefficient (Wildman–Crippen LogP) is 3.49. The second-order valence-corrected chi connectivity index (χ2v) is 11.2. The first-order valence-electron chi connectivity index (χ1n) is 9.61. The van der Waals surface area contributed by atoms with Crippen molar-refractivity contribution in [3.63, 3.8) is 0 Å². The van der Waals surface area contributed by atoms with Crippen LogP contribution in [0.25, 0.3) is 0 Å². The number of rotatable bonds is 2. The van der Waals surface area contributed by atoms with E-state index in [4.69, 9.17) is 17.0 Å². The van der Waals surface area contributed by atoms with E-state index in [1.165, 1.54) is 16.7 Å². The summed E-state index contributed by atoms with van der Waals surface area (Å²) in [5.41, 5.74) is 0.0582. The van der Waals surface area contributed by atoms with Crippen LogP contribution in [-0.4, -0.2) is 69.1 Å². The normalized spacial score (nSPS) is 20.0. The SMILES string of the molecule is CC(C)(C)OC(=O)N1CCN(C(=S)S[C@@H]2CC(=O)N(c3ccc(I)cc3)C2=O)CC1. The molecule has 30 heavy (non-hydrogen) atoms. The van der Waals surface area contributed by atoms with Crippen molar-refractivity contribution in [2.75, 3.05) is 31.1 Å². The second-order valence-electron chi connectivity index (χ2n) is 8.07. The Bertz CT molecular complexity index is 849. The van der Waals surface area contributed by atoms with Crippen molar-refractivity contribution in [3.05, 3.63) is 27.8 Å². The molecule has 0 aliphatic carbocycles. The number of carbonyl (C=O) groups excluding carboxylic acids is 3. The molecule has 1 atom stereocenters. The summed E-state index contributed by atoms with van der Waals surface area (Å²) in [6.45, 7) is 7.66. The first-order valence-corrected chi connectivity index (χ1v) is 12.0. The van der Waals surface area contributed by atoms with Gasteiger partial charge in [-0.2, -0.15) is 0 Å². The van der Waals surface area contributed by atoms with Gasteiger partial charge in [0.25, 0.3) is 0 Å². The third-order valence-corrected chi connectivity index (χ3v) is 7.00. The zero-order valence-corrected chi connectivity index (χ0v) is 20.9. The average Bonchev–Trinajstić information content (AvgIpc) is 2.94. The standard InChI is InChI=1S/C20H24IN3O4S2/c1-20(2,3)28-18(27)22-8-10-23(11-9-22)19(29)30-15-12-16(25)24(17(15)26)14-6-4-13(21)5-7-14/h4-7,15H,8-12H2,1-3H3/t15-/m1/s1. The predicted molar refractivity (Wildman–Crippen MR) is 130 cm³/mol. The number of ether oxygens (including phenoxy) is 1. The largest absolute Gasteiger partial charge is 0.444 e. The number of halogens is 1. The van der Waals surface area contributed by atoms with Crippen LogP contribution in [0.5, 0.6) is 0 Å². The van der Waals surface area contributed by atoms with Crippen molar-refractivity contribution in [2.45, 2.75) is 38.0 Å². The first-order chi connectivity index (χ1) is 14.0. The van der Waals surface area contributed by atoms with Gasteiger partial charge in [0, 0.05) is 36.2 Å². The number of piperazine rings is 1. The minimum Gasteiger partial charge on any atom is -0.444 e. The van der Waals surface area contributed by atoms with Crippen LogP contribution >= 0.6 is 46.6 Å². The molecule has 7 nitrogen and oxygen atoms in total. The molecule has 2 fully saturated rings. The summed E-state index contributed by atoms with van der Waals surface area (Å²) >= 11 is 8.97. The molecule has 3 amide bonds. The van der Waals surface area contributed by atoms with Crippen molar-refractivity contribution in [1.29, 1.82) is 0 Å². The van der Waals surface area contributed by atoms with Crippen LogP contribution in [0.15, 0.2) is 24.3 Å². The monoisotopic (exact) mass is 561 g/mol. The maximum absolute atomic E-state index is 12.8. The molecule has 0 spiro atoms. The molecule has 2 heterocycles. The number of hydrogen-bond donors (Lipinski definition) is 0. The van der Waals surface area contributed by atoms with E-state index in [-0.39, 0.29) is 24.3 Å². The van der Waals surface area contributed by atoms with Crippen LogP contribution < -0.4 is 4.90 Å². The van der Waals surface area contributed by atoms with E-state index in [9.17, 15) is 14.4 Å². The summed E-state index contributed by atoms with van der Waals surface area (Å²) in [7, 11) is 0. The van der Waals surface area contributed by atoms with E-state index in [2.05, 4.69) is 22.6 Å². The molecular formula is C20H24IN3O4S2. The third kappa shape index (κ3) is 5.64. The number of amides is 3. The van der Waals surface area contributed by atoms with Gasteiger partial charge < -0.3 is 14.5 Å². The van der Waals surface area contributed by atoms with E-state index in [0.717, 1.165) is 3.57 Å². The van der Waals surface area contributed by atoms with Crippen LogP contribution in [0.1, 0.15) is 27.2 Å². The molecule has 0 unspecified atom stereocenters. The lowest BCUT2D eigenvalue weighted by atomic mass is 10.2. The van der Waals surface area contributed by atoms with Crippen molar-refractivity contribution in [1.82, 2.24) is 9.80 Å². The Labute approximate surface area is 199 Å². The molecular weight excluding hydrogens is 537 g/mol. The number of thiocarbonyl (C=S) groups is 1. The van der Waals surface area contributed by atoms with Crippen LogP contribution in [-0.2, 0) is 14.3 Å². The Morgan fingerprint density at radius 3 is 2.23 bits per heavy atom. The summed E-state index contributed by atoms with van der Waals surface area (Å²) in [6, 6.07) is 7.29. The molecule has 2 saturated heterocycles. The zero-order valence-electron chi connectivity index (χ0n) is 17.1. The van der Waals surface area contributed by atoms with Gasteiger partial charge >= 0.3 is 6.09 Å². The second kappa shape index (κ2) is 9.39. The van der Waals surface area contributed by atoms with E-state index < -0.39 is 10.9 Å². The van der Waals surface area contributed by atoms with Gasteiger partial charge in [-0.15, -0.1) is 0 Å². The Kier molecular flexibility index (Phi) is 7.28. The maximum atomic E-state index is 12.8. The molecule has 1 aromatic carbocycles. The average molecular weight is 561 g/mol. The van der Waals surface area contributed by atoms with Gasteiger partial charge in [-0.05, 0) is 67.6 Å². The van der Waals surface area contributed by atoms with Gasteiger partial charge in [0.2, 0.25) is 11.8 Å². The molecule has 2 aliphatic rings. The van der Waals surface area contributed by atoms with E-state index in [0.29, 0.717) is 36.2 Å². The lowest BCUT2D eigenvalue weighted by molar-refractivity contribution is -0.121. The van der Waals surface area contributed by atoms with Gasteiger partial charge in [0.15, 0.2) is 0 Å². The van der Waals surface area contributed by atoms with E-state index in [1.807, 2.05) is 37.8 Å². The molecule has 0 radical (unpaired) electrons. The third-order valence-electron chi connectivity index (χ3n) is 4.62. The molecule has 3 rings (SSSR count). The highest BCUT2D eigenvalue weighted by Crippen LogP contribution is 2.31. The number of benzene rings is 1. The number of anilines is 1. The van der Waals surface area contributed by atoms with Crippen LogP contribution in [0, 0.1) is 3.57 Å². The van der Waals surface area contributed by atoms with Crippen LogP contribution in [0.4, 0.5) is 10.5 Å². The maximum Gasteiger partial charge on any atom is 0.410 e. The van der Waals surface area contributed by atoms with Gasteiger partial charge in [0.1, 0.15) is 15.2 Å². The van der Waals surface area contributed by atoms with Crippen LogP contribution in [0.2, 0.25) is 0 Å². The molecule has 2 aliphatic heterocycles. The number of imide groups is 1. The lowest BCUT2D eigenvalue weighted by Crippen LogP contribution is -2.51. The molecule has 0 bridgehead atoms. The summed E-state index contributed by atoms with van der Waals surface area (Å²) in [5.74, 6) is -0.447. The highest BCUT2D eigenvalue weighted by atomic mass is 127. The Morgan fingerprint density at radius 1 is 1.10 bits per heavy atom. The number of thioether (sulfide) groups is 1.